The Kier molecular flexibility index (Phi) is 5.83. The van der Waals surface area contributed by atoms with E-state index in [9.17, 15) is 0 Å². The van der Waals surface area contributed by atoms with E-state index in [0.717, 1.165) is 32.1 Å². The van der Waals surface area contributed by atoms with Crippen molar-refractivity contribution < 1.29 is 4.74 Å². The maximum Gasteiger partial charge on any atom is 0.0469 e. The maximum absolute atomic E-state index is 5.78. The van der Waals surface area contributed by atoms with Crippen LogP contribution in [0.3, 0.4) is 0 Å². The van der Waals surface area contributed by atoms with Crippen molar-refractivity contribution in [2.45, 2.75) is 25.8 Å². The molecule has 1 aliphatic heterocycles. The molecule has 3 nitrogen and oxygen atoms in total. The van der Waals surface area contributed by atoms with Gasteiger partial charge in [-0.3, -0.25) is 0 Å². The zero-order chi connectivity index (χ0) is 13.5. The summed E-state index contributed by atoms with van der Waals surface area (Å²) in [5, 5.41) is 0. The fourth-order valence-electron chi connectivity index (χ4n) is 2.77. The van der Waals surface area contributed by atoms with E-state index >= 15 is 0 Å². The first-order valence-electron chi connectivity index (χ1n) is 7.32. The van der Waals surface area contributed by atoms with E-state index in [2.05, 4.69) is 36.2 Å². The number of hydrogen-bond acceptors (Lipinski definition) is 3. The van der Waals surface area contributed by atoms with Gasteiger partial charge in [0, 0.05) is 32.8 Å². The molecule has 19 heavy (non-hydrogen) atoms. The van der Waals surface area contributed by atoms with Crippen molar-refractivity contribution in [3.63, 3.8) is 0 Å². The highest BCUT2D eigenvalue weighted by molar-refractivity contribution is 5.27. The number of ether oxygens (including phenoxy) is 1. The van der Waals surface area contributed by atoms with Crippen LogP contribution in [-0.4, -0.2) is 38.3 Å². The first kappa shape index (κ1) is 14.5. The number of hydrogen-bond donors (Lipinski definition) is 1. The molecule has 0 radical (unpaired) electrons. The lowest BCUT2D eigenvalue weighted by Gasteiger charge is -2.27. The molecular weight excluding hydrogens is 236 g/mol. The summed E-state index contributed by atoms with van der Waals surface area (Å²) in [6.07, 6.45) is 3.51. The predicted molar refractivity (Wildman–Crippen MR) is 79.1 cm³/mol. The summed E-state index contributed by atoms with van der Waals surface area (Å²) < 4.78 is 5.41. The van der Waals surface area contributed by atoms with Gasteiger partial charge in [-0.05, 0) is 43.4 Å². The van der Waals surface area contributed by atoms with Crippen LogP contribution in [0.2, 0.25) is 0 Å². The predicted octanol–water partition coefficient (Wildman–Crippen LogP) is 2.05. The monoisotopic (exact) mass is 262 g/mol. The van der Waals surface area contributed by atoms with E-state index in [1.54, 1.807) is 0 Å². The Hall–Kier alpha value is -0.900. The molecule has 2 rings (SSSR count). The normalized spacial score (nSPS) is 17.0. The van der Waals surface area contributed by atoms with Gasteiger partial charge in [-0.15, -0.1) is 0 Å². The van der Waals surface area contributed by atoms with Crippen molar-refractivity contribution in [2.75, 3.05) is 33.4 Å². The standard InChI is InChI=1S/C16H26N2O/c1-18(13-14-7-10-19-11-8-14)9-6-15-4-2-3-5-16(15)12-17/h2-5,14H,6-13,17H2,1H3. The molecule has 0 aromatic heterocycles. The topological polar surface area (TPSA) is 38.5 Å². The van der Waals surface area contributed by atoms with Crippen LogP contribution < -0.4 is 5.73 Å². The number of benzene rings is 1. The highest BCUT2D eigenvalue weighted by Gasteiger charge is 2.15. The van der Waals surface area contributed by atoms with Crippen LogP contribution in [0.25, 0.3) is 0 Å². The van der Waals surface area contributed by atoms with Crippen molar-refractivity contribution in [1.29, 1.82) is 0 Å². The molecule has 1 fully saturated rings. The molecule has 1 heterocycles. The maximum atomic E-state index is 5.78. The zero-order valence-electron chi connectivity index (χ0n) is 12.0. The Morgan fingerprint density at radius 1 is 1.21 bits per heavy atom. The second kappa shape index (κ2) is 7.63. The van der Waals surface area contributed by atoms with E-state index in [1.807, 2.05) is 0 Å². The molecule has 0 amide bonds. The van der Waals surface area contributed by atoms with E-state index in [0.29, 0.717) is 6.54 Å². The van der Waals surface area contributed by atoms with Crippen LogP contribution in [0.4, 0.5) is 0 Å². The van der Waals surface area contributed by atoms with E-state index < -0.39 is 0 Å². The van der Waals surface area contributed by atoms with Crippen LogP contribution in [0.1, 0.15) is 24.0 Å². The third-order valence-electron chi connectivity index (χ3n) is 4.01. The van der Waals surface area contributed by atoms with Gasteiger partial charge in [0.2, 0.25) is 0 Å². The molecule has 106 valence electrons. The minimum absolute atomic E-state index is 0.639. The molecular formula is C16H26N2O. The first-order chi connectivity index (χ1) is 9.29. The van der Waals surface area contributed by atoms with Crippen molar-refractivity contribution in [3.8, 4) is 0 Å². The van der Waals surface area contributed by atoms with E-state index in [1.165, 1.54) is 30.5 Å². The second-order valence-electron chi connectivity index (χ2n) is 5.54. The van der Waals surface area contributed by atoms with Crippen LogP contribution in [-0.2, 0) is 17.7 Å². The molecule has 0 spiro atoms. The molecule has 0 aliphatic carbocycles. The molecule has 0 bridgehead atoms. The molecule has 0 saturated carbocycles. The van der Waals surface area contributed by atoms with Crippen LogP contribution in [0.5, 0.6) is 0 Å². The van der Waals surface area contributed by atoms with Crippen LogP contribution >= 0.6 is 0 Å². The van der Waals surface area contributed by atoms with Gasteiger partial charge in [-0.1, -0.05) is 24.3 Å². The summed E-state index contributed by atoms with van der Waals surface area (Å²) in [6.45, 7) is 4.81. The lowest BCUT2D eigenvalue weighted by molar-refractivity contribution is 0.0558. The average molecular weight is 262 g/mol. The van der Waals surface area contributed by atoms with Crippen molar-refractivity contribution >= 4 is 0 Å². The van der Waals surface area contributed by atoms with Gasteiger partial charge < -0.3 is 15.4 Å². The second-order valence-corrected chi connectivity index (χ2v) is 5.54. The van der Waals surface area contributed by atoms with Crippen molar-refractivity contribution in [3.05, 3.63) is 35.4 Å². The Bertz CT molecular complexity index is 375. The highest BCUT2D eigenvalue weighted by atomic mass is 16.5. The van der Waals surface area contributed by atoms with Crippen molar-refractivity contribution in [2.24, 2.45) is 11.7 Å². The number of rotatable bonds is 6. The molecule has 1 aliphatic rings. The lowest BCUT2D eigenvalue weighted by atomic mass is 9.99. The molecule has 1 saturated heterocycles. The summed E-state index contributed by atoms with van der Waals surface area (Å²) in [6, 6.07) is 8.50. The number of likely N-dealkylation sites (N-methyl/N-ethyl adjacent to an activating group) is 1. The lowest BCUT2D eigenvalue weighted by Crippen LogP contribution is -2.31. The van der Waals surface area contributed by atoms with Gasteiger partial charge in [0.15, 0.2) is 0 Å². The summed E-state index contributed by atoms with van der Waals surface area (Å²) in [5.41, 5.74) is 8.45. The Labute approximate surface area is 116 Å². The largest absolute Gasteiger partial charge is 0.381 e. The van der Waals surface area contributed by atoms with Gasteiger partial charge in [-0.25, -0.2) is 0 Å². The van der Waals surface area contributed by atoms with E-state index in [-0.39, 0.29) is 0 Å². The molecule has 0 atom stereocenters. The zero-order valence-corrected chi connectivity index (χ0v) is 12.0. The Balaban J connectivity index is 1.77. The Morgan fingerprint density at radius 2 is 1.89 bits per heavy atom. The van der Waals surface area contributed by atoms with Gasteiger partial charge in [0.25, 0.3) is 0 Å². The molecule has 1 aromatic carbocycles. The van der Waals surface area contributed by atoms with Crippen molar-refractivity contribution in [1.82, 2.24) is 4.90 Å². The highest BCUT2D eigenvalue weighted by Crippen LogP contribution is 2.16. The van der Waals surface area contributed by atoms with Crippen LogP contribution in [0, 0.1) is 5.92 Å². The fraction of sp³-hybridized carbons (Fsp3) is 0.625. The summed E-state index contributed by atoms with van der Waals surface area (Å²) in [5.74, 6) is 0.809. The quantitative estimate of drug-likeness (QED) is 0.852. The van der Waals surface area contributed by atoms with Crippen LogP contribution in [0.15, 0.2) is 24.3 Å². The number of nitrogens with two attached hydrogens (primary N) is 1. The first-order valence-corrected chi connectivity index (χ1v) is 7.32. The van der Waals surface area contributed by atoms with Gasteiger partial charge in [0.1, 0.15) is 0 Å². The SMILES string of the molecule is CN(CCc1ccccc1CN)CC1CCOCC1. The van der Waals surface area contributed by atoms with Gasteiger partial charge in [-0.2, -0.15) is 0 Å². The summed E-state index contributed by atoms with van der Waals surface area (Å²) in [4.78, 5) is 2.45. The fourth-order valence-corrected chi connectivity index (χ4v) is 2.77. The molecule has 1 aromatic rings. The molecule has 2 N–H and O–H groups in total. The minimum atomic E-state index is 0.639. The molecule has 0 unspecified atom stereocenters. The number of nitrogens with zero attached hydrogens (tertiary/aromatic N) is 1. The third-order valence-corrected chi connectivity index (χ3v) is 4.01. The smallest absolute Gasteiger partial charge is 0.0469 e. The van der Waals surface area contributed by atoms with E-state index in [4.69, 9.17) is 10.5 Å². The summed E-state index contributed by atoms with van der Waals surface area (Å²) >= 11 is 0. The third kappa shape index (κ3) is 4.60. The summed E-state index contributed by atoms with van der Waals surface area (Å²) in [7, 11) is 2.22. The van der Waals surface area contributed by atoms with Gasteiger partial charge in [0.05, 0.1) is 0 Å². The van der Waals surface area contributed by atoms with Gasteiger partial charge >= 0.3 is 0 Å². The Morgan fingerprint density at radius 3 is 2.58 bits per heavy atom. The molecule has 3 heteroatoms. The average Bonchev–Trinajstić information content (AvgIpc) is 2.46. The minimum Gasteiger partial charge on any atom is -0.381 e.